The zero-order valence-electron chi connectivity index (χ0n) is 11.2. The number of rotatable bonds is 6. The van der Waals surface area contributed by atoms with Crippen LogP contribution >= 0.6 is 15.9 Å². The molecule has 4 nitrogen and oxygen atoms in total. The maximum Gasteiger partial charge on any atom is 0.307 e. The summed E-state index contributed by atoms with van der Waals surface area (Å²) < 4.78 is 5.55. The smallest absolute Gasteiger partial charge is 0.307 e. The SMILES string of the molecule is COC(=O)CCN(C)C(=O)CCc1cccc(Br)c1. The summed E-state index contributed by atoms with van der Waals surface area (Å²) >= 11 is 3.40. The van der Waals surface area contributed by atoms with Gasteiger partial charge < -0.3 is 9.64 Å². The van der Waals surface area contributed by atoms with Crippen LogP contribution in [0.25, 0.3) is 0 Å². The third-order valence-electron chi connectivity index (χ3n) is 2.82. The first-order valence-corrected chi connectivity index (χ1v) is 6.87. The lowest BCUT2D eigenvalue weighted by atomic mass is 10.1. The minimum absolute atomic E-state index is 0.0314. The largest absolute Gasteiger partial charge is 0.469 e. The predicted molar refractivity (Wildman–Crippen MR) is 76.7 cm³/mol. The van der Waals surface area contributed by atoms with E-state index in [2.05, 4.69) is 20.7 Å². The van der Waals surface area contributed by atoms with E-state index in [4.69, 9.17) is 0 Å². The van der Waals surface area contributed by atoms with Crippen molar-refractivity contribution in [3.8, 4) is 0 Å². The fraction of sp³-hybridized carbons (Fsp3) is 0.429. The zero-order valence-corrected chi connectivity index (χ0v) is 12.8. The molecule has 0 unspecified atom stereocenters. The molecule has 1 amide bonds. The van der Waals surface area contributed by atoms with Gasteiger partial charge in [-0.1, -0.05) is 28.1 Å². The number of esters is 1. The summed E-state index contributed by atoms with van der Waals surface area (Å²) in [6.07, 6.45) is 1.37. The highest BCUT2D eigenvalue weighted by molar-refractivity contribution is 9.10. The van der Waals surface area contributed by atoms with Crippen molar-refractivity contribution < 1.29 is 14.3 Å². The van der Waals surface area contributed by atoms with Gasteiger partial charge in [0, 0.05) is 24.5 Å². The molecular weight excluding hydrogens is 310 g/mol. The van der Waals surface area contributed by atoms with Crippen LogP contribution in [-0.4, -0.2) is 37.5 Å². The molecule has 0 saturated carbocycles. The normalized spacial score (nSPS) is 10.1. The van der Waals surface area contributed by atoms with Crippen molar-refractivity contribution >= 4 is 27.8 Å². The van der Waals surface area contributed by atoms with E-state index in [0.29, 0.717) is 19.4 Å². The van der Waals surface area contributed by atoms with Crippen LogP contribution in [0.5, 0.6) is 0 Å². The zero-order chi connectivity index (χ0) is 14.3. The topological polar surface area (TPSA) is 46.6 Å². The maximum atomic E-state index is 11.9. The van der Waals surface area contributed by atoms with Crippen molar-refractivity contribution in [2.24, 2.45) is 0 Å². The van der Waals surface area contributed by atoms with E-state index in [1.165, 1.54) is 7.11 Å². The van der Waals surface area contributed by atoms with Crippen LogP contribution in [0.2, 0.25) is 0 Å². The Balaban J connectivity index is 2.36. The van der Waals surface area contributed by atoms with E-state index >= 15 is 0 Å². The van der Waals surface area contributed by atoms with Gasteiger partial charge in [-0.05, 0) is 24.1 Å². The molecule has 0 spiro atoms. The van der Waals surface area contributed by atoms with Crippen molar-refractivity contribution in [1.29, 1.82) is 0 Å². The fourth-order valence-corrected chi connectivity index (χ4v) is 2.07. The number of aryl methyl sites for hydroxylation is 1. The van der Waals surface area contributed by atoms with Crippen LogP contribution in [0.4, 0.5) is 0 Å². The molecule has 0 heterocycles. The molecule has 1 rings (SSSR count). The molecule has 104 valence electrons. The number of methoxy groups -OCH3 is 1. The summed E-state index contributed by atoms with van der Waals surface area (Å²) in [5.74, 6) is -0.268. The Morgan fingerprint density at radius 3 is 2.68 bits per heavy atom. The van der Waals surface area contributed by atoms with Crippen molar-refractivity contribution in [2.45, 2.75) is 19.3 Å². The van der Waals surface area contributed by atoms with E-state index in [1.54, 1.807) is 11.9 Å². The highest BCUT2D eigenvalue weighted by Gasteiger charge is 2.10. The van der Waals surface area contributed by atoms with Crippen LogP contribution in [0.3, 0.4) is 0 Å². The third kappa shape index (κ3) is 5.87. The number of carbonyl (C=O) groups is 2. The van der Waals surface area contributed by atoms with Gasteiger partial charge in [-0.3, -0.25) is 9.59 Å². The standard InChI is InChI=1S/C14H18BrNO3/c1-16(9-8-14(18)19-2)13(17)7-6-11-4-3-5-12(15)10-11/h3-5,10H,6-9H2,1-2H3. The van der Waals surface area contributed by atoms with Gasteiger partial charge in [0.1, 0.15) is 0 Å². The minimum atomic E-state index is -0.299. The van der Waals surface area contributed by atoms with Crippen LogP contribution in [0.15, 0.2) is 28.7 Å². The summed E-state index contributed by atoms with van der Waals surface area (Å²) in [7, 11) is 3.05. The molecule has 0 aliphatic carbocycles. The molecule has 0 fully saturated rings. The Bertz CT molecular complexity index is 448. The van der Waals surface area contributed by atoms with E-state index in [-0.39, 0.29) is 18.3 Å². The highest BCUT2D eigenvalue weighted by atomic mass is 79.9. The maximum absolute atomic E-state index is 11.9. The van der Waals surface area contributed by atoms with Gasteiger partial charge in [0.2, 0.25) is 5.91 Å². The number of ether oxygens (including phenoxy) is 1. The minimum Gasteiger partial charge on any atom is -0.469 e. The summed E-state index contributed by atoms with van der Waals surface area (Å²) in [6, 6.07) is 7.90. The molecular formula is C14H18BrNO3. The molecule has 0 bridgehead atoms. The Morgan fingerprint density at radius 1 is 1.32 bits per heavy atom. The summed E-state index contributed by atoms with van der Waals surface area (Å²) in [4.78, 5) is 24.4. The van der Waals surface area contributed by atoms with Crippen molar-refractivity contribution in [1.82, 2.24) is 4.90 Å². The molecule has 5 heteroatoms. The van der Waals surface area contributed by atoms with E-state index in [0.717, 1.165) is 10.0 Å². The lowest BCUT2D eigenvalue weighted by Gasteiger charge is -2.16. The average molecular weight is 328 g/mol. The molecule has 1 aromatic carbocycles. The van der Waals surface area contributed by atoms with E-state index < -0.39 is 0 Å². The molecule has 0 aliphatic heterocycles. The molecule has 0 N–H and O–H groups in total. The first-order valence-electron chi connectivity index (χ1n) is 6.08. The molecule has 1 aromatic rings. The van der Waals surface area contributed by atoms with Gasteiger partial charge in [0.05, 0.1) is 13.5 Å². The monoisotopic (exact) mass is 327 g/mol. The Morgan fingerprint density at radius 2 is 2.05 bits per heavy atom. The number of nitrogens with zero attached hydrogens (tertiary/aromatic N) is 1. The Kier molecular flexibility index (Phi) is 6.56. The van der Waals surface area contributed by atoms with Crippen LogP contribution in [0, 0.1) is 0 Å². The lowest BCUT2D eigenvalue weighted by Crippen LogP contribution is -2.29. The summed E-state index contributed by atoms with van der Waals surface area (Å²) in [5.41, 5.74) is 1.11. The van der Waals surface area contributed by atoms with Crippen molar-refractivity contribution in [3.05, 3.63) is 34.3 Å². The summed E-state index contributed by atoms with van der Waals surface area (Å²) in [6.45, 7) is 0.393. The molecule has 19 heavy (non-hydrogen) atoms. The number of carbonyl (C=O) groups excluding carboxylic acids is 2. The van der Waals surface area contributed by atoms with Crippen molar-refractivity contribution in [2.75, 3.05) is 20.7 Å². The first-order chi connectivity index (χ1) is 9.02. The fourth-order valence-electron chi connectivity index (χ4n) is 1.62. The lowest BCUT2D eigenvalue weighted by molar-refractivity contribution is -0.141. The molecule has 0 atom stereocenters. The second-order valence-electron chi connectivity index (χ2n) is 4.27. The highest BCUT2D eigenvalue weighted by Crippen LogP contribution is 2.13. The quantitative estimate of drug-likeness (QED) is 0.754. The van der Waals surface area contributed by atoms with Gasteiger partial charge in [-0.15, -0.1) is 0 Å². The van der Waals surface area contributed by atoms with Gasteiger partial charge in [-0.25, -0.2) is 0 Å². The molecule has 0 aromatic heterocycles. The molecule has 0 saturated heterocycles. The Hall–Kier alpha value is -1.36. The number of benzene rings is 1. The van der Waals surface area contributed by atoms with Crippen molar-refractivity contribution in [3.63, 3.8) is 0 Å². The van der Waals surface area contributed by atoms with Crippen LogP contribution < -0.4 is 0 Å². The number of amides is 1. The Labute approximate surface area is 121 Å². The summed E-state index contributed by atoms with van der Waals surface area (Å²) in [5, 5.41) is 0. The van der Waals surface area contributed by atoms with Gasteiger partial charge in [0.25, 0.3) is 0 Å². The first kappa shape index (κ1) is 15.7. The predicted octanol–water partition coefficient (Wildman–Crippen LogP) is 2.40. The number of hydrogen-bond acceptors (Lipinski definition) is 3. The molecule has 0 aliphatic rings. The van der Waals surface area contributed by atoms with E-state index in [1.807, 2.05) is 24.3 Å². The van der Waals surface area contributed by atoms with Gasteiger partial charge >= 0.3 is 5.97 Å². The number of hydrogen-bond donors (Lipinski definition) is 0. The van der Waals surface area contributed by atoms with Crippen LogP contribution in [-0.2, 0) is 20.7 Å². The van der Waals surface area contributed by atoms with Crippen LogP contribution in [0.1, 0.15) is 18.4 Å². The van der Waals surface area contributed by atoms with Gasteiger partial charge in [0.15, 0.2) is 0 Å². The number of halogens is 1. The van der Waals surface area contributed by atoms with E-state index in [9.17, 15) is 9.59 Å². The average Bonchev–Trinajstić information content (AvgIpc) is 2.41. The second-order valence-corrected chi connectivity index (χ2v) is 5.19. The third-order valence-corrected chi connectivity index (χ3v) is 3.31. The second kappa shape index (κ2) is 7.94. The molecule has 0 radical (unpaired) electrons. The van der Waals surface area contributed by atoms with Gasteiger partial charge in [-0.2, -0.15) is 0 Å².